The molecule has 1 N–H and O–H groups in total. The van der Waals surface area contributed by atoms with Gasteiger partial charge in [0.2, 0.25) is 0 Å². The first-order chi connectivity index (χ1) is 9.15. The summed E-state index contributed by atoms with van der Waals surface area (Å²) in [5, 5.41) is 5.38. The van der Waals surface area contributed by atoms with Crippen LogP contribution in [0.1, 0.15) is 29.4 Å². The molecule has 0 bridgehead atoms. The molecule has 2 aromatic rings. The van der Waals surface area contributed by atoms with E-state index in [1.165, 1.54) is 4.88 Å². The predicted molar refractivity (Wildman–Crippen MR) is 75.6 cm³/mol. The molecule has 0 saturated carbocycles. The van der Waals surface area contributed by atoms with Crippen molar-refractivity contribution in [3.63, 3.8) is 0 Å². The van der Waals surface area contributed by atoms with Crippen molar-refractivity contribution in [3.05, 3.63) is 46.0 Å². The molecule has 0 amide bonds. The van der Waals surface area contributed by atoms with Gasteiger partial charge >= 0.3 is 0 Å². The van der Waals surface area contributed by atoms with Crippen LogP contribution in [0, 0.1) is 0 Å². The average Bonchev–Trinajstić information content (AvgIpc) is 3.04. The van der Waals surface area contributed by atoms with Crippen LogP contribution in [-0.4, -0.2) is 5.76 Å². The van der Waals surface area contributed by atoms with Gasteiger partial charge in [-0.15, -0.1) is 11.3 Å². The Morgan fingerprint density at radius 2 is 2.11 bits per heavy atom. The van der Waals surface area contributed by atoms with Gasteiger partial charge in [0, 0.05) is 10.9 Å². The molecule has 2 heterocycles. The molecule has 0 saturated heterocycles. The second-order valence-electron chi connectivity index (χ2n) is 4.06. The number of hydrogen-bond donors (Lipinski definition) is 1. The summed E-state index contributed by atoms with van der Waals surface area (Å²) in [6.45, 7) is 2.68. The Bertz CT molecular complexity index is 485. The topological polar surface area (TPSA) is 25.2 Å². The van der Waals surface area contributed by atoms with Crippen LogP contribution in [0.4, 0.5) is 8.78 Å². The van der Waals surface area contributed by atoms with E-state index in [0.717, 1.165) is 5.76 Å². The Balaban J connectivity index is 1.80. The van der Waals surface area contributed by atoms with E-state index in [2.05, 4.69) is 18.3 Å². The highest BCUT2D eigenvalue weighted by Crippen LogP contribution is 2.22. The van der Waals surface area contributed by atoms with Crippen molar-refractivity contribution in [3.8, 4) is 0 Å². The van der Waals surface area contributed by atoms with Gasteiger partial charge in [-0.1, -0.05) is 17.8 Å². The van der Waals surface area contributed by atoms with Crippen molar-refractivity contribution in [1.29, 1.82) is 0 Å². The fraction of sp³-hybridized carbons (Fsp3) is 0.385. The first-order valence-electron chi connectivity index (χ1n) is 5.89. The van der Waals surface area contributed by atoms with Gasteiger partial charge < -0.3 is 9.73 Å². The van der Waals surface area contributed by atoms with Crippen molar-refractivity contribution in [2.24, 2.45) is 0 Å². The molecular weight excluding hydrogens is 288 g/mol. The van der Waals surface area contributed by atoms with Crippen molar-refractivity contribution in [1.82, 2.24) is 5.32 Å². The smallest absolute Gasteiger partial charge is 0.284 e. The predicted octanol–water partition coefficient (Wildman–Crippen LogP) is 4.65. The molecule has 0 spiro atoms. The minimum absolute atomic E-state index is 0.206. The zero-order chi connectivity index (χ0) is 13.7. The minimum atomic E-state index is -2.36. The number of nitrogens with one attached hydrogen (secondary N) is 1. The zero-order valence-electron chi connectivity index (χ0n) is 10.4. The molecular formula is C13H15F2NOS2. The van der Waals surface area contributed by atoms with Crippen LogP contribution in [0.3, 0.4) is 0 Å². The van der Waals surface area contributed by atoms with Crippen molar-refractivity contribution in [2.75, 3.05) is 0 Å². The largest absolute Gasteiger partial charge is 0.464 e. The number of furan rings is 1. The molecule has 0 aliphatic rings. The van der Waals surface area contributed by atoms with Gasteiger partial charge in [-0.2, -0.15) is 8.78 Å². The molecule has 0 radical (unpaired) electrons. The second kappa shape index (κ2) is 7.07. The Hall–Kier alpha value is -0.850. The minimum Gasteiger partial charge on any atom is -0.464 e. The summed E-state index contributed by atoms with van der Waals surface area (Å²) in [6, 6.07) is 7.93. The summed E-state index contributed by atoms with van der Waals surface area (Å²) in [7, 11) is 0. The SMILES string of the molecule is C[C@@H](NCc1ccc(CSC(F)F)o1)c1cccs1. The first kappa shape index (κ1) is 14.6. The molecule has 0 aromatic carbocycles. The monoisotopic (exact) mass is 303 g/mol. The highest BCUT2D eigenvalue weighted by molar-refractivity contribution is 7.98. The Labute approximate surface area is 119 Å². The number of rotatable bonds is 7. The molecule has 6 heteroatoms. The number of alkyl halides is 2. The maximum atomic E-state index is 12.0. The lowest BCUT2D eigenvalue weighted by Gasteiger charge is -2.10. The van der Waals surface area contributed by atoms with Crippen molar-refractivity contribution in [2.45, 2.75) is 31.0 Å². The van der Waals surface area contributed by atoms with Crippen LogP contribution in [0.5, 0.6) is 0 Å². The van der Waals surface area contributed by atoms with Gasteiger partial charge in [0.05, 0.1) is 12.3 Å². The van der Waals surface area contributed by atoms with Crippen LogP contribution >= 0.6 is 23.1 Å². The van der Waals surface area contributed by atoms with Gasteiger partial charge in [0.15, 0.2) is 0 Å². The summed E-state index contributed by atoms with van der Waals surface area (Å²) in [6.07, 6.45) is 0. The first-order valence-corrected chi connectivity index (χ1v) is 7.82. The summed E-state index contributed by atoms with van der Waals surface area (Å²) in [5.74, 6) is -0.789. The third-order valence-electron chi connectivity index (χ3n) is 2.62. The van der Waals surface area contributed by atoms with Gasteiger partial charge in [-0.3, -0.25) is 0 Å². The van der Waals surface area contributed by atoms with Gasteiger partial charge in [-0.05, 0) is 30.5 Å². The Morgan fingerprint density at radius 1 is 1.32 bits per heavy atom. The number of thiophene rings is 1. The molecule has 1 atom stereocenters. The molecule has 104 valence electrons. The summed E-state index contributed by atoms with van der Waals surface area (Å²) < 4.78 is 29.6. The van der Waals surface area contributed by atoms with Gasteiger partial charge in [0.25, 0.3) is 5.76 Å². The lowest BCUT2D eigenvalue weighted by molar-refractivity contribution is 0.251. The van der Waals surface area contributed by atoms with Crippen LogP contribution in [0.25, 0.3) is 0 Å². The third kappa shape index (κ3) is 4.63. The van der Waals surface area contributed by atoms with E-state index in [1.54, 1.807) is 17.4 Å². The van der Waals surface area contributed by atoms with E-state index in [0.29, 0.717) is 24.1 Å². The number of halogens is 2. The lowest BCUT2D eigenvalue weighted by Crippen LogP contribution is -2.16. The zero-order valence-corrected chi connectivity index (χ0v) is 12.1. The van der Waals surface area contributed by atoms with E-state index in [4.69, 9.17) is 4.42 Å². The van der Waals surface area contributed by atoms with Gasteiger partial charge in [-0.25, -0.2) is 0 Å². The number of thioether (sulfide) groups is 1. The normalized spacial score (nSPS) is 13.1. The lowest BCUT2D eigenvalue weighted by atomic mass is 10.2. The van der Waals surface area contributed by atoms with E-state index in [-0.39, 0.29) is 11.8 Å². The fourth-order valence-electron chi connectivity index (χ4n) is 1.63. The van der Waals surface area contributed by atoms with Crippen molar-refractivity contribution < 1.29 is 13.2 Å². The Kier molecular flexibility index (Phi) is 5.42. The number of hydrogen-bond acceptors (Lipinski definition) is 4. The molecule has 0 unspecified atom stereocenters. The third-order valence-corrected chi connectivity index (χ3v) is 4.38. The van der Waals surface area contributed by atoms with Gasteiger partial charge in [0.1, 0.15) is 11.5 Å². The van der Waals surface area contributed by atoms with Crippen molar-refractivity contribution >= 4 is 23.1 Å². The molecule has 2 aromatic heterocycles. The Morgan fingerprint density at radius 3 is 2.79 bits per heavy atom. The highest BCUT2D eigenvalue weighted by atomic mass is 32.2. The summed E-state index contributed by atoms with van der Waals surface area (Å²) >= 11 is 2.28. The standard InChI is InChI=1S/C13H15F2NOS2/c1-9(12-3-2-6-18-12)16-7-10-4-5-11(17-10)8-19-13(14)15/h2-6,9,13,16H,7-8H2,1H3/t9-/m1/s1. The van der Waals surface area contributed by atoms with Crippen LogP contribution in [-0.2, 0) is 12.3 Å². The molecule has 2 nitrogen and oxygen atoms in total. The van der Waals surface area contributed by atoms with E-state index >= 15 is 0 Å². The van der Waals surface area contributed by atoms with Crippen LogP contribution < -0.4 is 5.32 Å². The van der Waals surface area contributed by atoms with Crippen LogP contribution in [0.2, 0.25) is 0 Å². The van der Waals surface area contributed by atoms with E-state index in [1.807, 2.05) is 17.5 Å². The molecule has 2 rings (SSSR count). The average molecular weight is 303 g/mol. The fourth-order valence-corrected chi connectivity index (χ4v) is 2.84. The van der Waals surface area contributed by atoms with E-state index in [9.17, 15) is 8.78 Å². The molecule has 0 fully saturated rings. The maximum absolute atomic E-state index is 12.0. The molecule has 19 heavy (non-hydrogen) atoms. The van der Waals surface area contributed by atoms with Crippen LogP contribution in [0.15, 0.2) is 34.1 Å². The maximum Gasteiger partial charge on any atom is 0.284 e. The second-order valence-corrected chi connectivity index (χ2v) is 6.02. The highest BCUT2D eigenvalue weighted by Gasteiger charge is 2.09. The molecule has 0 aliphatic carbocycles. The van der Waals surface area contributed by atoms with E-state index < -0.39 is 5.76 Å². The summed E-state index contributed by atoms with van der Waals surface area (Å²) in [5.41, 5.74) is 0. The quantitative estimate of drug-likeness (QED) is 0.806. The summed E-state index contributed by atoms with van der Waals surface area (Å²) in [4.78, 5) is 1.26. The molecule has 0 aliphatic heterocycles.